The molecule has 0 bridgehead atoms. The topological polar surface area (TPSA) is 83.3 Å². The van der Waals surface area contributed by atoms with Gasteiger partial charge >= 0.3 is 0 Å². The Hall–Kier alpha value is -2.88. The average Bonchev–Trinajstić information content (AvgIpc) is 3.09. The fourth-order valence-electron chi connectivity index (χ4n) is 3.42. The van der Waals surface area contributed by atoms with Gasteiger partial charge in [0.15, 0.2) is 5.96 Å². The number of halogens is 1. The van der Waals surface area contributed by atoms with Crippen LogP contribution in [0.1, 0.15) is 29.4 Å². The molecule has 2 aromatic carbocycles. The number of hydrogen-bond acceptors (Lipinski definition) is 3. The summed E-state index contributed by atoms with van der Waals surface area (Å²) in [6, 6.07) is 18.2. The predicted molar refractivity (Wildman–Crippen MR) is 141 cm³/mol. The highest BCUT2D eigenvalue weighted by atomic mass is 127. The highest BCUT2D eigenvalue weighted by Gasteiger charge is 2.09. The van der Waals surface area contributed by atoms with Gasteiger partial charge in [-0.05, 0) is 55.7 Å². The molecule has 8 heteroatoms. The first-order chi connectivity index (χ1) is 15.0. The number of carbonyl (C=O) groups excluding carboxylic acids is 1. The number of aliphatic imine (C=N–C) groups is 1. The summed E-state index contributed by atoms with van der Waals surface area (Å²) in [6.07, 6.45) is 0.851. The van der Waals surface area contributed by atoms with E-state index in [4.69, 9.17) is 0 Å². The molecule has 0 saturated heterocycles. The molecule has 0 atom stereocenters. The molecule has 0 radical (unpaired) electrons. The van der Waals surface area contributed by atoms with E-state index in [9.17, 15) is 4.79 Å². The molecule has 1 heterocycles. The van der Waals surface area contributed by atoms with Gasteiger partial charge in [-0.15, -0.1) is 24.0 Å². The number of benzene rings is 2. The van der Waals surface area contributed by atoms with Crippen LogP contribution in [0.2, 0.25) is 0 Å². The van der Waals surface area contributed by atoms with Gasteiger partial charge in [0, 0.05) is 38.4 Å². The quantitative estimate of drug-likeness (QED) is 0.238. The number of nitrogens with zero attached hydrogens (tertiary/aromatic N) is 3. The Kier molecular flexibility index (Phi) is 9.70. The lowest BCUT2D eigenvalue weighted by Gasteiger charge is -2.15. The van der Waals surface area contributed by atoms with E-state index in [1.165, 1.54) is 12.5 Å². The van der Waals surface area contributed by atoms with E-state index < -0.39 is 0 Å². The van der Waals surface area contributed by atoms with Gasteiger partial charge in [-0.3, -0.25) is 9.79 Å². The second kappa shape index (κ2) is 12.2. The highest BCUT2D eigenvalue weighted by molar-refractivity contribution is 14.0. The van der Waals surface area contributed by atoms with Crippen molar-refractivity contribution in [1.29, 1.82) is 0 Å². The summed E-state index contributed by atoms with van der Waals surface area (Å²) in [5, 5.41) is 14.1. The molecule has 0 spiro atoms. The summed E-state index contributed by atoms with van der Waals surface area (Å²) in [7, 11) is 1.77. The van der Waals surface area contributed by atoms with Crippen molar-refractivity contribution in [2.45, 2.75) is 33.7 Å². The van der Waals surface area contributed by atoms with Crippen molar-refractivity contribution < 1.29 is 4.79 Å². The van der Waals surface area contributed by atoms with Crippen LogP contribution in [0, 0.1) is 13.8 Å². The van der Waals surface area contributed by atoms with Crippen LogP contribution in [-0.2, 0) is 17.8 Å². The number of guanidine groups is 1. The van der Waals surface area contributed by atoms with Crippen LogP contribution >= 0.6 is 24.0 Å². The first-order valence-corrected chi connectivity index (χ1v) is 10.4. The minimum absolute atomic E-state index is 0. The highest BCUT2D eigenvalue weighted by Crippen LogP contribution is 2.17. The Morgan fingerprint density at radius 3 is 2.41 bits per heavy atom. The lowest BCUT2D eigenvalue weighted by atomic mass is 10.1. The van der Waals surface area contributed by atoms with Crippen LogP contribution < -0.4 is 16.0 Å². The van der Waals surface area contributed by atoms with Crippen molar-refractivity contribution in [1.82, 2.24) is 20.4 Å². The van der Waals surface area contributed by atoms with Crippen molar-refractivity contribution in [2.75, 3.05) is 18.9 Å². The second-order valence-corrected chi connectivity index (χ2v) is 7.45. The third-order valence-electron chi connectivity index (χ3n) is 4.88. The molecule has 32 heavy (non-hydrogen) atoms. The van der Waals surface area contributed by atoms with E-state index in [-0.39, 0.29) is 29.9 Å². The van der Waals surface area contributed by atoms with E-state index in [1.54, 1.807) is 7.05 Å². The molecule has 3 rings (SSSR count). The maximum Gasteiger partial charge on any atom is 0.221 e. The Balaban J connectivity index is 0.00000363. The van der Waals surface area contributed by atoms with Gasteiger partial charge < -0.3 is 16.0 Å². The molecule has 0 aliphatic carbocycles. The maximum absolute atomic E-state index is 11.1. The molecule has 0 saturated carbocycles. The van der Waals surface area contributed by atoms with Gasteiger partial charge in [0.05, 0.1) is 11.4 Å². The molecule has 0 fully saturated rings. The Labute approximate surface area is 206 Å². The lowest BCUT2D eigenvalue weighted by molar-refractivity contribution is -0.114. The van der Waals surface area contributed by atoms with Crippen LogP contribution in [0.3, 0.4) is 0 Å². The SMILES string of the molecule is CN=C(NCCc1ccc(NC(C)=O)cc1)NCc1ccccc1-n1nc(C)cc1C.I. The molecule has 7 nitrogen and oxygen atoms in total. The molecule has 0 aliphatic rings. The van der Waals surface area contributed by atoms with E-state index in [0.717, 1.165) is 47.3 Å². The van der Waals surface area contributed by atoms with Gasteiger partial charge in [-0.25, -0.2) is 4.68 Å². The predicted octanol–water partition coefficient (Wildman–Crippen LogP) is 3.97. The molecule has 0 unspecified atom stereocenters. The summed E-state index contributed by atoms with van der Waals surface area (Å²) in [4.78, 5) is 15.4. The van der Waals surface area contributed by atoms with Crippen LogP contribution in [0.5, 0.6) is 0 Å². The fourth-order valence-corrected chi connectivity index (χ4v) is 3.42. The van der Waals surface area contributed by atoms with E-state index >= 15 is 0 Å². The summed E-state index contributed by atoms with van der Waals surface area (Å²) in [5.74, 6) is 0.682. The smallest absolute Gasteiger partial charge is 0.221 e. The first kappa shape index (κ1) is 25.4. The lowest BCUT2D eigenvalue weighted by Crippen LogP contribution is -2.38. The second-order valence-electron chi connectivity index (χ2n) is 7.45. The Morgan fingerprint density at radius 2 is 1.78 bits per heavy atom. The maximum atomic E-state index is 11.1. The van der Waals surface area contributed by atoms with Gasteiger partial charge in [-0.2, -0.15) is 5.10 Å². The molecular weight excluding hydrogens is 515 g/mol. The van der Waals surface area contributed by atoms with Crippen LogP contribution in [0.25, 0.3) is 5.69 Å². The van der Waals surface area contributed by atoms with Gasteiger partial charge in [0.2, 0.25) is 5.91 Å². The molecule has 1 aromatic heterocycles. The summed E-state index contributed by atoms with van der Waals surface area (Å²) in [5.41, 5.74) is 6.32. The first-order valence-electron chi connectivity index (χ1n) is 10.4. The van der Waals surface area contributed by atoms with Crippen LogP contribution in [0.15, 0.2) is 59.6 Å². The van der Waals surface area contributed by atoms with E-state index in [0.29, 0.717) is 6.54 Å². The number of amides is 1. The molecule has 3 aromatic rings. The summed E-state index contributed by atoms with van der Waals surface area (Å²) < 4.78 is 1.98. The Bertz CT molecular complexity index is 1060. The van der Waals surface area contributed by atoms with Crippen molar-refractivity contribution >= 4 is 41.5 Å². The van der Waals surface area contributed by atoms with Crippen molar-refractivity contribution in [3.63, 3.8) is 0 Å². The van der Waals surface area contributed by atoms with Crippen LogP contribution in [0.4, 0.5) is 5.69 Å². The number of anilines is 1. The van der Waals surface area contributed by atoms with Crippen molar-refractivity contribution in [3.8, 4) is 5.69 Å². The third kappa shape index (κ3) is 7.08. The van der Waals surface area contributed by atoms with Crippen molar-refractivity contribution in [2.24, 2.45) is 4.99 Å². The van der Waals surface area contributed by atoms with Gasteiger partial charge in [-0.1, -0.05) is 30.3 Å². The normalized spacial score (nSPS) is 10.9. The summed E-state index contributed by atoms with van der Waals surface area (Å²) >= 11 is 0. The zero-order valence-corrected chi connectivity index (χ0v) is 21.3. The molecule has 170 valence electrons. The number of para-hydroxylation sites is 1. The number of aryl methyl sites for hydroxylation is 2. The third-order valence-corrected chi connectivity index (χ3v) is 4.88. The minimum atomic E-state index is -0.0660. The largest absolute Gasteiger partial charge is 0.356 e. The van der Waals surface area contributed by atoms with E-state index in [1.807, 2.05) is 48.0 Å². The Morgan fingerprint density at radius 1 is 1.06 bits per heavy atom. The number of nitrogens with one attached hydrogen (secondary N) is 3. The molecule has 0 aliphatic heterocycles. The van der Waals surface area contributed by atoms with Crippen LogP contribution in [-0.4, -0.2) is 35.2 Å². The zero-order valence-electron chi connectivity index (χ0n) is 19.0. The van der Waals surface area contributed by atoms with Gasteiger partial charge in [0.1, 0.15) is 0 Å². The molecular formula is C24H31IN6O. The number of aromatic nitrogens is 2. The fraction of sp³-hybridized carbons (Fsp3) is 0.292. The van der Waals surface area contributed by atoms with Crippen molar-refractivity contribution in [3.05, 3.63) is 77.1 Å². The number of carbonyl (C=O) groups is 1. The minimum Gasteiger partial charge on any atom is -0.356 e. The van der Waals surface area contributed by atoms with E-state index in [2.05, 4.69) is 51.2 Å². The monoisotopic (exact) mass is 546 g/mol. The molecule has 1 amide bonds. The number of hydrogen-bond donors (Lipinski definition) is 3. The average molecular weight is 546 g/mol. The summed E-state index contributed by atoms with van der Waals surface area (Å²) in [6.45, 7) is 6.96. The number of rotatable bonds is 7. The standard InChI is InChI=1S/C24H30N6O.HI/c1-17-15-18(2)30(29-17)23-8-6-5-7-21(23)16-27-24(25-4)26-14-13-20-9-11-22(12-10-20)28-19(3)31;/h5-12,15H,13-14,16H2,1-4H3,(H,28,31)(H2,25,26,27);1H. The molecule has 3 N–H and O–H groups in total. The zero-order chi connectivity index (χ0) is 22.2. The van der Waals surface area contributed by atoms with Gasteiger partial charge in [0.25, 0.3) is 0 Å².